The van der Waals surface area contributed by atoms with Gasteiger partial charge in [0.2, 0.25) is 0 Å². The summed E-state index contributed by atoms with van der Waals surface area (Å²) < 4.78 is 5.96. The van der Waals surface area contributed by atoms with E-state index in [-0.39, 0.29) is 11.9 Å². The van der Waals surface area contributed by atoms with Crippen molar-refractivity contribution in [3.05, 3.63) is 39.8 Å². The Balaban J connectivity index is 1.96. The van der Waals surface area contributed by atoms with Crippen molar-refractivity contribution in [1.29, 1.82) is 0 Å². The largest absolute Gasteiger partial charge is 0.383 e. The highest BCUT2D eigenvalue weighted by molar-refractivity contribution is 9.11. The van der Waals surface area contributed by atoms with Gasteiger partial charge < -0.3 is 15.4 Å². The number of methoxy groups -OCH3 is 1. The Morgan fingerprint density at radius 2 is 2.14 bits per heavy atom. The van der Waals surface area contributed by atoms with Crippen LogP contribution in [0, 0.1) is 0 Å². The maximum Gasteiger partial charge on any atom is 0.251 e. The Kier molecular flexibility index (Phi) is 5.72. The van der Waals surface area contributed by atoms with Crippen molar-refractivity contribution in [2.24, 2.45) is 0 Å². The third kappa shape index (κ3) is 4.80. The van der Waals surface area contributed by atoms with Gasteiger partial charge >= 0.3 is 0 Å². The molecular formula is C14H16BrN3O2S. The summed E-state index contributed by atoms with van der Waals surface area (Å²) in [5.74, 6) is -0.108. The van der Waals surface area contributed by atoms with Crippen LogP contribution in [0.25, 0.3) is 0 Å². The molecule has 21 heavy (non-hydrogen) atoms. The molecule has 1 aromatic heterocycles. The maximum atomic E-state index is 12.0. The highest BCUT2D eigenvalue weighted by atomic mass is 79.9. The first-order valence-electron chi connectivity index (χ1n) is 6.36. The molecular weight excluding hydrogens is 354 g/mol. The fourth-order valence-corrected chi connectivity index (χ4v) is 2.87. The molecule has 0 spiro atoms. The van der Waals surface area contributed by atoms with Gasteiger partial charge in [-0.05, 0) is 47.1 Å². The quantitative estimate of drug-likeness (QED) is 0.818. The van der Waals surface area contributed by atoms with Crippen molar-refractivity contribution in [2.45, 2.75) is 13.0 Å². The number of nitrogens with one attached hydrogen (secondary N) is 2. The number of hydrogen-bond donors (Lipinski definition) is 2. The lowest BCUT2D eigenvalue weighted by Gasteiger charge is -2.12. The number of ether oxygens (including phenoxy) is 1. The van der Waals surface area contributed by atoms with Gasteiger partial charge in [0.25, 0.3) is 5.91 Å². The zero-order chi connectivity index (χ0) is 15.2. The van der Waals surface area contributed by atoms with E-state index >= 15 is 0 Å². The van der Waals surface area contributed by atoms with Gasteiger partial charge in [-0.1, -0.05) is 11.3 Å². The summed E-state index contributed by atoms with van der Waals surface area (Å²) in [6.45, 7) is 2.39. The third-order valence-corrected chi connectivity index (χ3v) is 4.06. The molecule has 0 bridgehead atoms. The summed E-state index contributed by atoms with van der Waals surface area (Å²) in [4.78, 5) is 16.2. The van der Waals surface area contributed by atoms with Crippen LogP contribution in [0.4, 0.5) is 10.8 Å². The van der Waals surface area contributed by atoms with E-state index in [4.69, 9.17) is 4.74 Å². The molecule has 0 radical (unpaired) electrons. The van der Waals surface area contributed by atoms with E-state index in [1.54, 1.807) is 25.4 Å². The van der Waals surface area contributed by atoms with Crippen LogP contribution in [0.2, 0.25) is 0 Å². The monoisotopic (exact) mass is 369 g/mol. The van der Waals surface area contributed by atoms with Crippen LogP contribution >= 0.6 is 27.3 Å². The summed E-state index contributed by atoms with van der Waals surface area (Å²) in [6, 6.07) is 7.24. The van der Waals surface area contributed by atoms with Crippen molar-refractivity contribution in [2.75, 3.05) is 19.0 Å². The molecule has 0 saturated heterocycles. The van der Waals surface area contributed by atoms with Crippen molar-refractivity contribution >= 4 is 44.0 Å². The Labute approximate surface area is 135 Å². The topological polar surface area (TPSA) is 63.2 Å². The third-order valence-electron chi connectivity index (χ3n) is 2.67. The van der Waals surface area contributed by atoms with Crippen molar-refractivity contribution in [3.63, 3.8) is 0 Å². The normalized spacial score (nSPS) is 12.0. The molecule has 2 rings (SSSR count). The minimum Gasteiger partial charge on any atom is -0.383 e. The van der Waals surface area contributed by atoms with Gasteiger partial charge in [-0.2, -0.15) is 0 Å². The van der Waals surface area contributed by atoms with Crippen LogP contribution in [0.15, 0.2) is 34.2 Å². The minimum atomic E-state index is -0.108. The lowest BCUT2D eigenvalue weighted by Crippen LogP contribution is -2.35. The number of amides is 1. The summed E-state index contributed by atoms with van der Waals surface area (Å²) in [7, 11) is 1.61. The second kappa shape index (κ2) is 7.53. The van der Waals surface area contributed by atoms with E-state index in [1.165, 1.54) is 11.3 Å². The number of nitrogens with zero attached hydrogens (tertiary/aromatic N) is 1. The number of halogens is 1. The van der Waals surface area contributed by atoms with Crippen molar-refractivity contribution in [1.82, 2.24) is 10.3 Å². The highest BCUT2D eigenvalue weighted by Crippen LogP contribution is 2.26. The fourth-order valence-electron chi connectivity index (χ4n) is 1.74. The number of carbonyl (C=O) groups is 1. The molecule has 7 heteroatoms. The van der Waals surface area contributed by atoms with E-state index in [2.05, 4.69) is 31.5 Å². The van der Waals surface area contributed by atoms with E-state index in [9.17, 15) is 4.79 Å². The molecule has 2 N–H and O–H groups in total. The molecule has 1 aromatic carbocycles. The van der Waals surface area contributed by atoms with E-state index in [0.717, 1.165) is 14.6 Å². The summed E-state index contributed by atoms with van der Waals surface area (Å²) in [6.07, 6.45) is 1.74. The average molecular weight is 370 g/mol. The van der Waals surface area contributed by atoms with Gasteiger partial charge in [0, 0.05) is 24.4 Å². The lowest BCUT2D eigenvalue weighted by molar-refractivity contribution is 0.0905. The molecule has 112 valence electrons. The SMILES string of the molecule is COCC(C)NC(=O)c1ccc(Nc2ncc(Br)s2)cc1. The molecule has 1 unspecified atom stereocenters. The van der Waals surface area contributed by atoms with Gasteiger partial charge in [-0.15, -0.1) is 0 Å². The smallest absolute Gasteiger partial charge is 0.251 e. The van der Waals surface area contributed by atoms with Crippen molar-refractivity contribution < 1.29 is 9.53 Å². The lowest BCUT2D eigenvalue weighted by atomic mass is 10.2. The molecule has 5 nitrogen and oxygen atoms in total. The number of rotatable bonds is 6. The van der Waals surface area contributed by atoms with Crippen LogP contribution in [0.5, 0.6) is 0 Å². The number of anilines is 2. The zero-order valence-corrected chi connectivity index (χ0v) is 14.1. The summed E-state index contributed by atoms with van der Waals surface area (Å²) >= 11 is 4.87. The van der Waals surface area contributed by atoms with Crippen LogP contribution in [0.3, 0.4) is 0 Å². The molecule has 1 amide bonds. The number of aromatic nitrogens is 1. The molecule has 0 fully saturated rings. The van der Waals surface area contributed by atoms with E-state index in [0.29, 0.717) is 12.2 Å². The summed E-state index contributed by atoms with van der Waals surface area (Å²) in [5.41, 5.74) is 1.50. The number of thiazole rings is 1. The van der Waals surface area contributed by atoms with E-state index < -0.39 is 0 Å². The fraction of sp³-hybridized carbons (Fsp3) is 0.286. The Bertz CT molecular complexity index is 601. The molecule has 1 atom stereocenters. The van der Waals surface area contributed by atoms with Crippen LogP contribution in [-0.4, -0.2) is 30.6 Å². The van der Waals surface area contributed by atoms with Gasteiger partial charge in [-0.3, -0.25) is 4.79 Å². The number of carbonyl (C=O) groups excluding carboxylic acids is 1. The molecule has 2 aromatic rings. The Morgan fingerprint density at radius 1 is 1.43 bits per heavy atom. The second-order valence-corrected chi connectivity index (χ2v) is 6.91. The van der Waals surface area contributed by atoms with Gasteiger partial charge in [0.15, 0.2) is 5.13 Å². The highest BCUT2D eigenvalue weighted by Gasteiger charge is 2.09. The molecule has 0 aliphatic carbocycles. The van der Waals surface area contributed by atoms with Gasteiger partial charge in [0.1, 0.15) is 0 Å². The molecule has 0 aliphatic rings. The second-order valence-electron chi connectivity index (χ2n) is 4.50. The predicted octanol–water partition coefficient (Wildman–Crippen LogP) is 3.41. The number of hydrogen-bond acceptors (Lipinski definition) is 5. The van der Waals surface area contributed by atoms with Crippen LogP contribution < -0.4 is 10.6 Å². The summed E-state index contributed by atoms with van der Waals surface area (Å²) in [5, 5.41) is 6.85. The van der Waals surface area contributed by atoms with Crippen LogP contribution in [0.1, 0.15) is 17.3 Å². The standard InChI is InChI=1S/C14H16BrN3O2S/c1-9(8-20-2)17-13(19)10-3-5-11(6-4-10)18-14-16-7-12(15)21-14/h3-7,9H,8H2,1-2H3,(H,16,18)(H,17,19). The molecule has 1 heterocycles. The van der Waals surface area contributed by atoms with Gasteiger partial charge in [-0.25, -0.2) is 4.98 Å². The maximum absolute atomic E-state index is 12.0. The van der Waals surface area contributed by atoms with Gasteiger partial charge in [0.05, 0.1) is 16.6 Å². The Hall–Kier alpha value is -1.44. The first-order valence-corrected chi connectivity index (χ1v) is 7.97. The first-order chi connectivity index (χ1) is 10.1. The van der Waals surface area contributed by atoms with E-state index in [1.807, 2.05) is 19.1 Å². The Morgan fingerprint density at radius 3 is 2.71 bits per heavy atom. The minimum absolute atomic E-state index is 0.0204. The first kappa shape index (κ1) is 15.9. The molecule has 0 saturated carbocycles. The zero-order valence-electron chi connectivity index (χ0n) is 11.7. The van der Waals surface area contributed by atoms with Crippen LogP contribution in [-0.2, 0) is 4.74 Å². The predicted molar refractivity (Wildman–Crippen MR) is 88.3 cm³/mol. The number of benzene rings is 1. The molecule has 0 aliphatic heterocycles. The van der Waals surface area contributed by atoms with Crippen molar-refractivity contribution in [3.8, 4) is 0 Å². The average Bonchev–Trinajstić information content (AvgIpc) is 2.85.